The standard InChI is InChI=1S/C15H14ClIO3/c1-19-13-7-11(12(16)8-14(13)20-2)15(18)9-4-3-5-10(17)6-9/h3-8,15,18H,1-2H3. The predicted molar refractivity (Wildman–Crippen MR) is 87.8 cm³/mol. The Morgan fingerprint density at radius 3 is 2.35 bits per heavy atom. The Morgan fingerprint density at radius 1 is 1.10 bits per heavy atom. The molecule has 0 aliphatic carbocycles. The van der Waals surface area contributed by atoms with Gasteiger partial charge < -0.3 is 14.6 Å². The van der Waals surface area contributed by atoms with Gasteiger partial charge in [0.15, 0.2) is 11.5 Å². The van der Waals surface area contributed by atoms with Crippen LogP contribution in [0.1, 0.15) is 17.2 Å². The van der Waals surface area contributed by atoms with Gasteiger partial charge in [-0.2, -0.15) is 0 Å². The fourth-order valence-electron chi connectivity index (χ4n) is 1.94. The van der Waals surface area contributed by atoms with E-state index in [1.807, 2.05) is 24.3 Å². The number of hydrogen-bond donors (Lipinski definition) is 1. The molecule has 0 bridgehead atoms. The van der Waals surface area contributed by atoms with Crippen molar-refractivity contribution in [3.63, 3.8) is 0 Å². The van der Waals surface area contributed by atoms with Gasteiger partial charge in [0.25, 0.3) is 0 Å². The summed E-state index contributed by atoms with van der Waals surface area (Å²) in [5.74, 6) is 1.08. The molecule has 1 N–H and O–H groups in total. The minimum atomic E-state index is -0.808. The van der Waals surface area contributed by atoms with E-state index in [2.05, 4.69) is 22.6 Å². The van der Waals surface area contributed by atoms with Gasteiger partial charge in [-0.25, -0.2) is 0 Å². The first-order valence-corrected chi connectivity index (χ1v) is 7.37. The highest BCUT2D eigenvalue weighted by atomic mass is 127. The van der Waals surface area contributed by atoms with Crippen LogP contribution >= 0.6 is 34.2 Å². The average molecular weight is 405 g/mol. The van der Waals surface area contributed by atoms with Crippen molar-refractivity contribution in [3.05, 3.63) is 56.1 Å². The van der Waals surface area contributed by atoms with Crippen LogP contribution in [0.3, 0.4) is 0 Å². The topological polar surface area (TPSA) is 38.7 Å². The van der Waals surface area contributed by atoms with E-state index in [4.69, 9.17) is 21.1 Å². The van der Waals surface area contributed by atoms with Gasteiger partial charge in [0, 0.05) is 15.2 Å². The first-order valence-electron chi connectivity index (χ1n) is 5.91. The third-order valence-electron chi connectivity index (χ3n) is 2.96. The molecule has 1 atom stereocenters. The molecule has 0 aromatic heterocycles. The van der Waals surface area contributed by atoms with Gasteiger partial charge in [0.1, 0.15) is 6.10 Å². The van der Waals surface area contributed by atoms with Crippen molar-refractivity contribution in [2.45, 2.75) is 6.10 Å². The Kier molecular flexibility index (Phi) is 5.12. The summed E-state index contributed by atoms with van der Waals surface area (Å²) >= 11 is 8.43. The SMILES string of the molecule is COc1cc(Cl)c(C(O)c2cccc(I)c2)cc1OC. The Bertz CT molecular complexity index is 616. The maximum absolute atomic E-state index is 10.5. The Labute approximate surface area is 136 Å². The van der Waals surface area contributed by atoms with Gasteiger partial charge in [-0.1, -0.05) is 23.7 Å². The summed E-state index contributed by atoms with van der Waals surface area (Å²) in [5, 5.41) is 10.9. The number of rotatable bonds is 4. The summed E-state index contributed by atoms with van der Waals surface area (Å²) < 4.78 is 11.5. The first kappa shape index (κ1) is 15.4. The van der Waals surface area contributed by atoms with Crippen LogP contribution in [0.25, 0.3) is 0 Å². The van der Waals surface area contributed by atoms with Crippen LogP contribution < -0.4 is 9.47 Å². The number of ether oxygens (including phenoxy) is 2. The molecule has 0 aliphatic rings. The number of methoxy groups -OCH3 is 2. The highest BCUT2D eigenvalue weighted by Gasteiger charge is 2.18. The van der Waals surface area contributed by atoms with Crippen molar-refractivity contribution in [1.29, 1.82) is 0 Å². The maximum Gasteiger partial charge on any atom is 0.162 e. The van der Waals surface area contributed by atoms with Crippen LogP contribution in [0.4, 0.5) is 0 Å². The predicted octanol–water partition coefficient (Wildman–Crippen LogP) is 4.04. The van der Waals surface area contributed by atoms with E-state index in [0.717, 1.165) is 9.13 Å². The molecular formula is C15H14ClIO3. The largest absolute Gasteiger partial charge is 0.493 e. The molecule has 2 aromatic carbocycles. The van der Waals surface area contributed by atoms with Gasteiger partial charge in [-0.05, 0) is 46.4 Å². The Balaban J connectivity index is 2.46. The third kappa shape index (κ3) is 3.19. The second-order valence-electron chi connectivity index (χ2n) is 4.19. The molecule has 2 rings (SSSR count). The van der Waals surface area contributed by atoms with Gasteiger partial charge in [0.05, 0.1) is 19.2 Å². The van der Waals surface area contributed by atoms with Crippen LogP contribution in [0.15, 0.2) is 36.4 Å². The maximum atomic E-state index is 10.5. The van der Waals surface area contributed by atoms with E-state index < -0.39 is 6.10 Å². The summed E-state index contributed by atoms with van der Waals surface area (Å²) in [6.07, 6.45) is -0.808. The lowest BCUT2D eigenvalue weighted by molar-refractivity contribution is 0.219. The lowest BCUT2D eigenvalue weighted by atomic mass is 10.0. The number of halogens is 2. The molecule has 0 heterocycles. The van der Waals surface area contributed by atoms with E-state index in [0.29, 0.717) is 22.1 Å². The molecule has 0 radical (unpaired) electrons. The van der Waals surface area contributed by atoms with Crippen molar-refractivity contribution in [2.24, 2.45) is 0 Å². The molecule has 20 heavy (non-hydrogen) atoms. The minimum absolute atomic E-state index is 0.439. The first-order chi connectivity index (χ1) is 9.56. The van der Waals surface area contributed by atoms with E-state index >= 15 is 0 Å². The highest BCUT2D eigenvalue weighted by molar-refractivity contribution is 14.1. The number of benzene rings is 2. The second kappa shape index (κ2) is 6.65. The van der Waals surface area contributed by atoms with Crippen molar-refractivity contribution in [3.8, 4) is 11.5 Å². The van der Waals surface area contributed by atoms with E-state index in [1.165, 1.54) is 0 Å². The third-order valence-corrected chi connectivity index (χ3v) is 3.96. The summed E-state index contributed by atoms with van der Waals surface area (Å²) in [6.45, 7) is 0. The van der Waals surface area contributed by atoms with Crippen molar-refractivity contribution in [2.75, 3.05) is 14.2 Å². The Hall–Kier alpha value is -0.980. The molecule has 1 unspecified atom stereocenters. The molecule has 106 valence electrons. The molecule has 0 aliphatic heterocycles. The molecule has 5 heteroatoms. The number of hydrogen-bond acceptors (Lipinski definition) is 3. The fourth-order valence-corrected chi connectivity index (χ4v) is 2.76. The lowest BCUT2D eigenvalue weighted by Gasteiger charge is -2.16. The molecule has 0 fully saturated rings. The normalized spacial score (nSPS) is 12.1. The van der Waals surface area contributed by atoms with E-state index in [-0.39, 0.29) is 0 Å². The molecular weight excluding hydrogens is 391 g/mol. The smallest absolute Gasteiger partial charge is 0.162 e. The van der Waals surface area contributed by atoms with Gasteiger partial charge in [-0.3, -0.25) is 0 Å². The zero-order valence-electron chi connectivity index (χ0n) is 11.1. The number of aliphatic hydroxyl groups excluding tert-OH is 1. The Morgan fingerprint density at radius 2 is 1.75 bits per heavy atom. The van der Waals surface area contributed by atoms with Crippen LogP contribution in [-0.4, -0.2) is 19.3 Å². The van der Waals surface area contributed by atoms with Crippen LogP contribution in [0.2, 0.25) is 5.02 Å². The van der Waals surface area contributed by atoms with Crippen molar-refractivity contribution in [1.82, 2.24) is 0 Å². The van der Waals surface area contributed by atoms with Crippen LogP contribution in [0, 0.1) is 3.57 Å². The molecule has 3 nitrogen and oxygen atoms in total. The summed E-state index contributed by atoms with van der Waals surface area (Å²) in [5.41, 5.74) is 1.37. The summed E-state index contributed by atoms with van der Waals surface area (Å²) in [7, 11) is 3.09. The molecule has 0 amide bonds. The quantitative estimate of drug-likeness (QED) is 0.782. The highest BCUT2D eigenvalue weighted by Crippen LogP contribution is 2.37. The van der Waals surface area contributed by atoms with Crippen LogP contribution in [0.5, 0.6) is 11.5 Å². The molecule has 0 spiro atoms. The van der Waals surface area contributed by atoms with E-state index in [9.17, 15) is 5.11 Å². The minimum Gasteiger partial charge on any atom is -0.493 e. The molecule has 0 saturated heterocycles. The molecule has 0 saturated carbocycles. The number of aliphatic hydroxyl groups is 1. The average Bonchev–Trinajstić information content (AvgIpc) is 2.46. The monoisotopic (exact) mass is 404 g/mol. The van der Waals surface area contributed by atoms with Gasteiger partial charge >= 0.3 is 0 Å². The van der Waals surface area contributed by atoms with Gasteiger partial charge in [-0.15, -0.1) is 0 Å². The zero-order chi connectivity index (χ0) is 14.7. The van der Waals surface area contributed by atoms with Gasteiger partial charge in [0.2, 0.25) is 0 Å². The summed E-state index contributed by atoms with van der Waals surface area (Å²) in [4.78, 5) is 0. The summed E-state index contributed by atoms with van der Waals surface area (Å²) in [6, 6.07) is 11.0. The van der Waals surface area contributed by atoms with Crippen molar-refractivity contribution >= 4 is 34.2 Å². The second-order valence-corrected chi connectivity index (χ2v) is 5.84. The van der Waals surface area contributed by atoms with Crippen molar-refractivity contribution < 1.29 is 14.6 Å². The van der Waals surface area contributed by atoms with E-state index in [1.54, 1.807) is 26.4 Å². The lowest BCUT2D eigenvalue weighted by Crippen LogP contribution is -2.02. The fraction of sp³-hybridized carbons (Fsp3) is 0.200. The van der Waals surface area contributed by atoms with Crippen LogP contribution in [-0.2, 0) is 0 Å². The molecule has 2 aromatic rings. The zero-order valence-corrected chi connectivity index (χ0v) is 14.0.